The number of anilines is 2. The minimum atomic E-state index is -0.421. The van der Waals surface area contributed by atoms with Crippen LogP contribution >= 0.6 is 27.3 Å². The lowest BCUT2D eigenvalue weighted by atomic mass is 10.1. The molecule has 144 valence electrons. The highest BCUT2D eigenvalue weighted by molar-refractivity contribution is 9.10. The van der Waals surface area contributed by atoms with Gasteiger partial charge < -0.3 is 4.90 Å². The van der Waals surface area contributed by atoms with Crippen molar-refractivity contribution < 1.29 is 9.72 Å². The number of aromatic nitrogens is 1. The quantitative estimate of drug-likeness (QED) is 0.426. The molecule has 0 atom stereocenters. The number of benzene rings is 2. The van der Waals surface area contributed by atoms with Gasteiger partial charge in [-0.15, -0.1) is 0 Å². The molecular formula is C19H17BrN4O3S. The summed E-state index contributed by atoms with van der Waals surface area (Å²) >= 11 is 4.80. The van der Waals surface area contributed by atoms with Crippen molar-refractivity contribution in [1.82, 2.24) is 4.98 Å². The highest BCUT2D eigenvalue weighted by atomic mass is 79.9. The highest BCUT2D eigenvalue weighted by Gasteiger charge is 2.23. The fraction of sp³-hybridized carbons (Fsp3) is 0.263. The van der Waals surface area contributed by atoms with Crippen molar-refractivity contribution in [2.24, 2.45) is 0 Å². The van der Waals surface area contributed by atoms with Crippen molar-refractivity contribution in [3.8, 4) is 0 Å². The van der Waals surface area contributed by atoms with Crippen LogP contribution in [0, 0.1) is 10.1 Å². The third-order valence-corrected chi connectivity index (χ3v) is 6.30. The fourth-order valence-corrected chi connectivity index (χ4v) is 4.82. The summed E-state index contributed by atoms with van der Waals surface area (Å²) in [4.78, 5) is 30.3. The predicted octanol–water partition coefficient (Wildman–Crippen LogP) is 5.21. The van der Waals surface area contributed by atoms with Crippen molar-refractivity contribution in [1.29, 1.82) is 0 Å². The van der Waals surface area contributed by atoms with Gasteiger partial charge in [0.15, 0.2) is 5.13 Å². The second kappa shape index (κ2) is 7.84. The smallest absolute Gasteiger partial charge is 0.293 e. The maximum Gasteiger partial charge on any atom is 0.293 e. The molecule has 1 aliphatic rings. The molecule has 0 bridgehead atoms. The molecular weight excluding hydrogens is 444 g/mol. The molecule has 1 saturated heterocycles. The number of halogens is 1. The predicted molar refractivity (Wildman–Crippen MR) is 114 cm³/mol. The van der Waals surface area contributed by atoms with Crippen LogP contribution in [0.15, 0.2) is 40.9 Å². The van der Waals surface area contributed by atoms with Gasteiger partial charge in [-0.1, -0.05) is 17.4 Å². The fourth-order valence-electron chi connectivity index (χ4n) is 3.35. The molecule has 1 aliphatic heterocycles. The summed E-state index contributed by atoms with van der Waals surface area (Å²) in [5.74, 6) is -0.413. The third kappa shape index (κ3) is 3.72. The minimum absolute atomic E-state index is 0.0402. The van der Waals surface area contributed by atoms with E-state index < -0.39 is 10.8 Å². The topological polar surface area (TPSA) is 88.4 Å². The summed E-state index contributed by atoms with van der Waals surface area (Å²) < 4.78 is 1.79. The second-order valence-corrected chi connectivity index (χ2v) is 8.45. The Morgan fingerprint density at radius 3 is 2.71 bits per heavy atom. The van der Waals surface area contributed by atoms with Crippen LogP contribution in [-0.4, -0.2) is 28.9 Å². The summed E-state index contributed by atoms with van der Waals surface area (Å²) in [7, 11) is 0. The van der Waals surface area contributed by atoms with E-state index in [0.717, 1.165) is 47.0 Å². The Kier molecular flexibility index (Phi) is 5.27. The number of nitrogens with zero attached hydrogens (tertiary/aromatic N) is 3. The third-order valence-electron chi connectivity index (χ3n) is 4.72. The Balaban J connectivity index is 1.60. The average Bonchev–Trinajstić information content (AvgIpc) is 3.12. The highest BCUT2D eigenvalue weighted by Crippen LogP contribution is 2.33. The van der Waals surface area contributed by atoms with E-state index in [9.17, 15) is 14.9 Å². The molecule has 7 nitrogen and oxygen atoms in total. The maximum absolute atomic E-state index is 12.6. The zero-order valence-corrected chi connectivity index (χ0v) is 17.3. The monoisotopic (exact) mass is 460 g/mol. The van der Waals surface area contributed by atoms with Crippen LogP contribution in [0.3, 0.4) is 0 Å². The van der Waals surface area contributed by atoms with E-state index in [-0.39, 0.29) is 11.3 Å². The van der Waals surface area contributed by atoms with Gasteiger partial charge in [0.25, 0.3) is 11.6 Å². The van der Waals surface area contributed by atoms with Crippen LogP contribution in [0.2, 0.25) is 0 Å². The number of nitro benzene ring substituents is 1. The second-order valence-electron chi connectivity index (χ2n) is 6.57. The molecule has 0 unspecified atom stereocenters. The van der Waals surface area contributed by atoms with Crippen molar-refractivity contribution in [3.63, 3.8) is 0 Å². The zero-order chi connectivity index (χ0) is 19.7. The van der Waals surface area contributed by atoms with Crippen LogP contribution in [-0.2, 0) is 0 Å². The Labute approximate surface area is 173 Å². The molecule has 1 amide bonds. The summed E-state index contributed by atoms with van der Waals surface area (Å²) in [6.07, 6.45) is 3.18. The first-order chi connectivity index (χ1) is 13.5. The summed E-state index contributed by atoms with van der Waals surface area (Å²) in [6, 6.07) is 10.4. The van der Waals surface area contributed by atoms with Crippen LogP contribution in [0.5, 0.6) is 0 Å². The molecule has 2 aromatic carbocycles. The molecule has 9 heteroatoms. The average molecular weight is 461 g/mol. The van der Waals surface area contributed by atoms with Gasteiger partial charge in [-0.3, -0.25) is 20.2 Å². The van der Waals surface area contributed by atoms with E-state index in [0.29, 0.717) is 10.8 Å². The van der Waals surface area contributed by atoms with Crippen LogP contribution < -0.4 is 10.2 Å². The van der Waals surface area contributed by atoms with E-state index >= 15 is 0 Å². The molecule has 28 heavy (non-hydrogen) atoms. The van der Waals surface area contributed by atoms with E-state index in [1.807, 2.05) is 23.1 Å². The maximum atomic E-state index is 12.6. The number of nitro groups is 1. The Bertz CT molecular complexity index is 1060. The van der Waals surface area contributed by atoms with E-state index in [1.165, 1.54) is 17.4 Å². The van der Waals surface area contributed by atoms with Gasteiger partial charge in [0.2, 0.25) is 0 Å². The summed E-state index contributed by atoms with van der Waals surface area (Å²) in [6.45, 7) is 1.60. The zero-order valence-electron chi connectivity index (χ0n) is 14.9. The lowest BCUT2D eigenvalue weighted by molar-refractivity contribution is -0.384. The molecule has 0 spiro atoms. The number of carbonyl (C=O) groups is 1. The lowest BCUT2D eigenvalue weighted by Crippen LogP contribution is -2.30. The summed E-state index contributed by atoms with van der Waals surface area (Å²) in [5.41, 5.74) is 1.55. The Morgan fingerprint density at radius 1 is 1.21 bits per heavy atom. The van der Waals surface area contributed by atoms with E-state index in [4.69, 9.17) is 0 Å². The number of nitrogens with one attached hydrogen (secondary N) is 1. The first kappa shape index (κ1) is 18.8. The standard InChI is InChI=1S/C19H17BrN4O3S/c20-13-5-4-6-16-17(13)21-19(28-16)22-18(25)12-7-8-14(15(11-12)24(26)27)23-9-2-1-3-10-23/h4-8,11H,1-3,9-10H2,(H,21,22,25). The van der Waals surface area contributed by atoms with Crippen LogP contribution in [0.4, 0.5) is 16.5 Å². The number of amides is 1. The number of rotatable bonds is 4. The van der Waals surface area contributed by atoms with Crippen LogP contribution in [0.25, 0.3) is 10.2 Å². The molecule has 3 aromatic rings. The molecule has 0 saturated carbocycles. The van der Waals surface area contributed by atoms with E-state index in [2.05, 4.69) is 26.2 Å². The number of carbonyl (C=O) groups excluding carboxylic acids is 1. The number of fused-ring (bicyclic) bond motifs is 1. The van der Waals surface area contributed by atoms with Crippen LogP contribution in [0.1, 0.15) is 29.6 Å². The van der Waals surface area contributed by atoms with Gasteiger partial charge in [-0.25, -0.2) is 4.98 Å². The van der Waals surface area contributed by atoms with Gasteiger partial charge in [-0.05, 0) is 59.5 Å². The van der Waals surface area contributed by atoms with E-state index in [1.54, 1.807) is 12.1 Å². The normalized spacial score (nSPS) is 14.2. The van der Waals surface area contributed by atoms with Gasteiger partial charge >= 0.3 is 0 Å². The van der Waals surface area contributed by atoms with Crippen molar-refractivity contribution in [3.05, 3.63) is 56.5 Å². The molecule has 4 rings (SSSR count). The summed E-state index contributed by atoms with van der Waals surface area (Å²) in [5, 5.41) is 14.8. The van der Waals surface area contributed by atoms with Gasteiger partial charge in [0.1, 0.15) is 5.69 Å². The number of piperidine rings is 1. The molecule has 1 N–H and O–H groups in total. The molecule has 2 heterocycles. The largest absolute Gasteiger partial charge is 0.366 e. The first-order valence-corrected chi connectivity index (χ1v) is 10.5. The number of para-hydroxylation sites is 1. The van der Waals surface area contributed by atoms with Gasteiger partial charge in [0.05, 0.1) is 15.1 Å². The Morgan fingerprint density at radius 2 is 2.00 bits per heavy atom. The molecule has 1 aromatic heterocycles. The lowest BCUT2D eigenvalue weighted by Gasteiger charge is -2.28. The minimum Gasteiger partial charge on any atom is -0.366 e. The molecule has 1 fully saturated rings. The van der Waals surface area contributed by atoms with Gasteiger partial charge in [0, 0.05) is 29.2 Å². The van der Waals surface area contributed by atoms with Crippen molar-refractivity contribution in [2.75, 3.05) is 23.3 Å². The van der Waals surface area contributed by atoms with Crippen molar-refractivity contribution in [2.45, 2.75) is 19.3 Å². The first-order valence-electron chi connectivity index (χ1n) is 8.93. The molecule has 0 radical (unpaired) electrons. The number of hydrogen-bond acceptors (Lipinski definition) is 6. The van der Waals surface area contributed by atoms with Crippen molar-refractivity contribution >= 4 is 59.9 Å². The Hall–Kier alpha value is -2.52. The SMILES string of the molecule is O=C(Nc1nc2c(Br)cccc2s1)c1ccc(N2CCCCC2)c([N+](=O)[O-])c1. The number of hydrogen-bond donors (Lipinski definition) is 1. The van der Waals surface area contributed by atoms with Gasteiger partial charge in [-0.2, -0.15) is 0 Å². The molecule has 0 aliphatic carbocycles. The number of thiazole rings is 1.